The van der Waals surface area contributed by atoms with Gasteiger partial charge in [-0.2, -0.15) is 0 Å². The second-order valence-corrected chi connectivity index (χ2v) is 9.19. The van der Waals surface area contributed by atoms with Crippen LogP contribution in [0.1, 0.15) is 35.6 Å². The minimum atomic E-state index is -1.79. The van der Waals surface area contributed by atoms with Gasteiger partial charge in [0.15, 0.2) is 0 Å². The lowest BCUT2D eigenvalue weighted by molar-refractivity contribution is -0.149. The molecule has 0 aliphatic rings. The van der Waals surface area contributed by atoms with E-state index in [1.165, 1.54) is 11.1 Å². The summed E-state index contributed by atoms with van der Waals surface area (Å²) in [5.74, 6) is -0.193. The lowest BCUT2D eigenvalue weighted by Crippen LogP contribution is -2.52. The van der Waals surface area contributed by atoms with Crippen LogP contribution in [0.3, 0.4) is 0 Å². The molecule has 0 spiro atoms. The van der Waals surface area contributed by atoms with Crippen molar-refractivity contribution in [3.05, 3.63) is 70.8 Å². The predicted molar refractivity (Wildman–Crippen MR) is 124 cm³/mol. The molecule has 0 amide bonds. The Bertz CT molecular complexity index is 791. The van der Waals surface area contributed by atoms with Crippen molar-refractivity contribution in [3.63, 3.8) is 0 Å². The molecule has 2 rings (SSSR count). The van der Waals surface area contributed by atoms with Crippen LogP contribution in [0.5, 0.6) is 0 Å². The normalized spacial score (nSPS) is 18.4. The number of rotatable bonds is 12. The molecule has 6 nitrogen and oxygen atoms in total. The molecule has 0 bridgehead atoms. The summed E-state index contributed by atoms with van der Waals surface area (Å²) < 4.78 is 0. The van der Waals surface area contributed by atoms with E-state index in [4.69, 9.17) is 5.11 Å². The second-order valence-electron chi connectivity index (χ2n) is 9.19. The zero-order chi connectivity index (χ0) is 23.8. The number of hydrogen-bond acceptors (Lipinski definition) is 6. The van der Waals surface area contributed by atoms with Crippen LogP contribution in [0.25, 0.3) is 0 Å². The molecule has 3 unspecified atom stereocenters. The molecule has 2 aromatic carbocycles. The van der Waals surface area contributed by atoms with Gasteiger partial charge in [0, 0.05) is 0 Å². The van der Waals surface area contributed by atoms with Crippen molar-refractivity contribution < 1.29 is 30.6 Å². The van der Waals surface area contributed by atoms with Gasteiger partial charge in [0.25, 0.3) is 0 Å². The smallest absolute Gasteiger partial charge is 0.111 e. The van der Waals surface area contributed by atoms with Crippen LogP contribution in [-0.4, -0.2) is 67.8 Å². The minimum absolute atomic E-state index is 0.195. The molecule has 178 valence electrons. The molecular weight excluding hydrogens is 408 g/mol. The fourth-order valence-corrected chi connectivity index (χ4v) is 4.12. The zero-order valence-corrected chi connectivity index (χ0v) is 19.2. The van der Waals surface area contributed by atoms with E-state index in [0.717, 1.165) is 17.5 Å². The summed E-state index contributed by atoms with van der Waals surface area (Å²) in [6.45, 7) is 5.35. The lowest BCUT2D eigenvalue weighted by Gasteiger charge is -2.33. The number of benzene rings is 2. The van der Waals surface area contributed by atoms with Gasteiger partial charge in [-0.1, -0.05) is 66.6 Å². The number of aryl methyl sites for hydroxylation is 2. The van der Waals surface area contributed by atoms with Crippen molar-refractivity contribution in [3.8, 4) is 0 Å². The fraction of sp³-hybridized carbons (Fsp3) is 0.538. The quantitative estimate of drug-likeness (QED) is 0.294. The molecule has 7 atom stereocenters. The van der Waals surface area contributed by atoms with Crippen molar-refractivity contribution >= 4 is 0 Å². The number of aliphatic hydroxyl groups is 6. The third-order valence-electron chi connectivity index (χ3n) is 6.14. The Labute approximate surface area is 190 Å². The first-order valence-electron chi connectivity index (χ1n) is 11.2. The summed E-state index contributed by atoms with van der Waals surface area (Å²) >= 11 is 0. The monoisotopic (exact) mass is 446 g/mol. The SMILES string of the molecule is Cc1ccc(CC(C)CC(Cc2ccc(C)cc2)C(O)[C@@H](O)[C@@H](O)[C@H](O)[C@@H](O)CO)cc1. The van der Waals surface area contributed by atoms with E-state index >= 15 is 0 Å². The zero-order valence-electron chi connectivity index (χ0n) is 19.2. The van der Waals surface area contributed by atoms with Crippen LogP contribution >= 0.6 is 0 Å². The van der Waals surface area contributed by atoms with Gasteiger partial charge >= 0.3 is 0 Å². The van der Waals surface area contributed by atoms with E-state index in [1.54, 1.807) is 0 Å². The van der Waals surface area contributed by atoms with Crippen molar-refractivity contribution in [2.24, 2.45) is 11.8 Å². The van der Waals surface area contributed by atoms with Gasteiger partial charge in [0.05, 0.1) is 12.7 Å². The van der Waals surface area contributed by atoms with Gasteiger partial charge in [-0.05, 0) is 56.1 Å². The summed E-state index contributed by atoms with van der Waals surface area (Å²) in [7, 11) is 0. The average molecular weight is 447 g/mol. The molecule has 32 heavy (non-hydrogen) atoms. The topological polar surface area (TPSA) is 121 Å². The van der Waals surface area contributed by atoms with Crippen molar-refractivity contribution in [2.75, 3.05) is 6.61 Å². The maximum atomic E-state index is 11.0. The highest BCUT2D eigenvalue weighted by atomic mass is 16.4. The third kappa shape index (κ3) is 7.66. The first kappa shape index (κ1) is 26.5. The van der Waals surface area contributed by atoms with Crippen LogP contribution in [0, 0.1) is 25.7 Å². The Balaban J connectivity index is 2.16. The highest BCUT2D eigenvalue weighted by molar-refractivity contribution is 5.23. The van der Waals surface area contributed by atoms with Crippen molar-refractivity contribution in [1.29, 1.82) is 0 Å². The van der Waals surface area contributed by atoms with Crippen LogP contribution in [-0.2, 0) is 12.8 Å². The molecule has 0 saturated carbocycles. The molecule has 0 aliphatic heterocycles. The van der Waals surface area contributed by atoms with Crippen LogP contribution in [0.2, 0.25) is 0 Å². The molecule has 2 aromatic rings. The van der Waals surface area contributed by atoms with Gasteiger partial charge in [-0.3, -0.25) is 0 Å². The maximum Gasteiger partial charge on any atom is 0.111 e. The third-order valence-corrected chi connectivity index (χ3v) is 6.14. The molecule has 6 heteroatoms. The van der Waals surface area contributed by atoms with E-state index in [1.807, 2.05) is 38.1 Å². The summed E-state index contributed by atoms with van der Waals surface area (Å²) in [4.78, 5) is 0. The molecule has 0 heterocycles. The first-order chi connectivity index (χ1) is 15.1. The number of aliphatic hydroxyl groups excluding tert-OH is 6. The molecule has 0 saturated heterocycles. The van der Waals surface area contributed by atoms with E-state index in [2.05, 4.69) is 31.2 Å². The molecule has 0 fully saturated rings. The predicted octanol–water partition coefficient (Wildman–Crippen LogP) is 1.53. The van der Waals surface area contributed by atoms with E-state index in [9.17, 15) is 25.5 Å². The molecule has 6 N–H and O–H groups in total. The summed E-state index contributed by atoms with van der Waals surface area (Å²) in [6.07, 6.45) is -6.28. The molecular formula is C26H38O6. The lowest BCUT2D eigenvalue weighted by atomic mass is 9.80. The summed E-state index contributed by atoms with van der Waals surface area (Å²) in [5.41, 5.74) is 4.50. The summed E-state index contributed by atoms with van der Waals surface area (Å²) in [5, 5.41) is 60.4. The van der Waals surface area contributed by atoms with Gasteiger partial charge in [0.2, 0.25) is 0 Å². The Morgan fingerprint density at radius 1 is 0.625 bits per heavy atom. The number of hydrogen-bond donors (Lipinski definition) is 6. The highest BCUT2D eigenvalue weighted by Gasteiger charge is 2.37. The van der Waals surface area contributed by atoms with Gasteiger partial charge in [0.1, 0.15) is 24.4 Å². The van der Waals surface area contributed by atoms with Crippen LogP contribution in [0.15, 0.2) is 48.5 Å². The maximum absolute atomic E-state index is 11.0. The van der Waals surface area contributed by atoms with Gasteiger partial charge < -0.3 is 30.6 Å². The first-order valence-corrected chi connectivity index (χ1v) is 11.2. The molecule has 0 radical (unpaired) electrons. The molecule has 0 aliphatic carbocycles. The van der Waals surface area contributed by atoms with E-state index in [-0.39, 0.29) is 11.8 Å². The molecule has 0 aromatic heterocycles. The Morgan fingerprint density at radius 3 is 1.53 bits per heavy atom. The van der Waals surface area contributed by atoms with E-state index < -0.39 is 37.1 Å². The van der Waals surface area contributed by atoms with E-state index in [0.29, 0.717) is 12.8 Å². The second kappa shape index (κ2) is 12.4. The van der Waals surface area contributed by atoms with Crippen molar-refractivity contribution in [2.45, 2.75) is 70.6 Å². The highest BCUT2D eigenvalue weighted by Crippen LogP contribution is 2.27. The van der Waals surface area contributed by atoms with Crippen LogP contribution in [0.4, 0.5) is 0 Å². The minimum Gasteiger partial charge on any atom is -0.394 e. The van der Waals surface area contributed by atoms with Crippen LogP contribution < -0.4 is 0 Å². The average Bonchev–Trinajstić information content (AvgIpc) is 2.79. The van der Waals surface area contributed by atoms with Gasteiger partial charge in [-0.15, -0.1) is 0 Å². The fourth-order valence-electron chi connectivity index (χ4n) is 4.12. The van der Waals surface area contributed by atoms with Crippen molar-refractivity contribution in [1.82, 2.24) is 0 Å². The van der Waals surface area contributed by atoms with Gasteiger partial charge in [-0.25, -0.2) is 0 Å². The largest absolute Gasteiger partial charge is 0.394 e. The Hall–Kier alpha value is -1.80. The summed E-state index contributed by atoms with van der Waals surface area (Å²) in [6, 6.07) is 16.2. The Morgan fingerprint density at radius 2 is 1.06 bits per heavy atom. The standard InChI is InChI=1S/C26H38O6/c1-16-4-8-19(9-5-16)12-18(3)13-21(14-20-10-6-17(2)7-11-20)23(29)25(31)26(32)24(30)22(28)15-27/h4-11,18,21-32H,12-15H2,1-3H3/t18?,21?,22-,23?,24+,25+,26-/m0/s1. The Kier molecular flexibility index (Phi) is 10.3.